The molecular formula is C24H24N2O6S. The maximum Gasteiger partial charge on any atom is 0.341 e. The van der Waals surface area contributed by atoms with Crippen molar-refractivity contribution in [3.05, 3.63) is 70.1 Å². The van der Waals surface area contributed by atoms with Crippen LogP contribution in [0.5, 0.6) is 11.5 Å². The van der Waals surface area contributed by atoms with E-state index in [-0.39, 0.29) is 22.0 Å². The first kappa shape index (κ1) is 23.8. The molecule has 0 bridgehead atoms. The molecular weight excluding hydrogens is 444 g/mol. The number of amides is 2. The second kappa shape index (κ2) is 10.6. The smallest absolute Gasteiger partial charge is 0.341 e. The van der Waals surface area contributed by atoms with Crippen LogP contribution in [0.1, 0.15) is 42.9 Å². The molecule has 0 aliphatic carbocycles. The van der Waals surface area contributed by atoms with E-state index in [1.807, 2.05) is 0 Å². The first-order valence-electron chi connectivity index (χ1n) is 10.1. The quantitative estimate of drug-likeness (QED) is 0.462. The molecule has 0 fully saturated rings. The fourth-order valence-corrected chi connectivity index (χ4v) is 4.20. The van der Waals surface area contributed by atoms with Crippen molar-refractivity contribution in [2.75, 3.05) is 31.5 Å². The van der Waals surface area contributed by atoms with E-state index >= 15 is 0 Å². The minimum atomic E-state index is -0.618. The van der Waals surface area contributed by atoms with Crippen LogP contribution in [-0.2, 0) is 4.74 Å². The number of ether oxygens (including phenoxy) is 3. The number of methoxy groups -OCH3 is 2. The molecule has 0 unspecified atom stereocenters. The molecule has 0 aliphatic rings. The minimum absolute atomic E-state index is 0.147. The second-order valence-electron chi connectivity index (χ2n) is 6.82. The zero-order valence-electron chi connectivity index (χ0n) is 18.7. The molecule has 2 aromatic carbocycles. The highest BCUT2D eigenvalue weighted by Crippen LogP contribution is 2.35. The topological polar surface area (TPSA) is 103 Å². The molecule has 3 aromatic rings. The van der Waals surface area contributed by atoms with Gasteiger partial charge < -0.3 is 24.8 Å². The van der Waals surface area contributed by atoms with Crippen LogP contribution >= 0.6 is 11.3 Å². The van der Waals surface area contributed by atoms with E-state index in [2.05, 4.69) is 10.6 Å². The number of carbonyl (C=O) groups excluding carboxylic acids is 3. The number of nitrogens with one attached hydrogen (secondary N) is 2. The van der Waals surface area contributed by atoms with Gasteiger partial charge in [0.05, 0.1) is 37.0 Å². The van der Waals surface area contributed by atoms with Crippen molar-refractivity contribution in [1.29, 1.82) is 0 Å². The van der Waals surface area contributed by atoms with Crippen LogP contribution in [0.4, 0.5) is 10.7 Å². The highest BCUT2D eigenvalue weighted by Gasteiger charge is 2.27. The van der Waals surface area contributed by atoms with E-state index < -0.39 is 17.8 Å². The molecule has 0 radical (unpaired) electrons. The summed E-state index contributed by atoms with van der Waals surface area (Å²) in [5.41, 5.74) is 1.42. The number of hydrogen-bond donors (Lipinski definition) is 2. The van der Waals surface area contributed by atoms with Gasteiger partial charge in [-0.15, -0.1) is 11.3 Å². The van der Waals surface area contributed by atoms with Crippen molar-refractivity contribution < 1.29 is 28.6 Å². The van der Waals surface area contributed by atoms with Gasteiger partial charge in [0, 0.05) is 5.56 Å². The number of thiophene rings is 1. The summed E-state index contributed by atoms with van der Waals surface area (Å²) in [6.45, 7) is 3.48. The maximum absolute atomic E-state index is 13.0. The Kier molecular flexibility index (Phi) is 7.68. The predicted molar refractivity (Wildman–Crippen MR) is 127 cm³/mol. The molecule has 1 heterocycles. The molecule has 2 N–H and O–H groups in total. The lowest BCUT2D eigenvalue weighted by Crippen LogP contribution is -2.15. The van der Waals surface area contributed by atoms with E-state index in [9.17, 15) is 14.4 Å². The van der Waals surface area contributed by atoms with Gasteiger partial charge in [0.2, 0.25) is 0 Å². The zero-order valence-corrected chi connectivity index (χ0v) is 19.5. The van der Waals surface area contributed by atoms with Gasteiger partial charge in [-0.05, 0) is 55.8 Å². The van der Waals surface area contributed by atoms with Crippen LogP contribution in [0.25, 0.3) is 0 Å². The Labute approximate surface area is 195 Å². The summed E-state index contributed by atoms with van der Waals surface area (Å²) in [6, 6.07) is 13.5. The normalized spacial score (nSPS) is 10.3. The molecule has 9 heteroatoms. The highest BCUT2D eigenvalue weighted by atomic mass is 32.1. The number of hydrogen-bond acceptors (Lipinski definition) is 7. The number of rotatable bonds is 8. The Morgan fingerprint density at radius 2 is 1.61 bits per heavy atom. The third kappa shape index (κ3) is 5.32. The summed E-state index contributed by atoms with van der Waals surface area (Å²) in [5, 5.41) is 5.77. The fourth-order valence-electron chi connectivity index (χ4n) is 3.11. The van der Waals surface area contributed by atoms with E-state index in [0.29, 0.717) is 28.3 Å². The SMILES string of the molecule is CCOC(=O)c1c(NC(=O)c2ccc(OC)cc2)sc(C(=O)Nc2ccccc2OC)c1C. The standard InChI is InChI=1S/C24H24N2O6S/c1-5-32-24(29)19-14(2)20(22(28)25-17-8-6-7-9-18(17)31-4)33-23(19)26-21(27)15-10-12-16(30-3)13-11-15/h6-13H,5H2,1-4H3,(H,25,28)(H,26,27). The predicted octanol–water partition coefficient (Wildman–Crippen LogP) is 4.76. The van der Waals surface area contributed by atoms with Gasteiger partial charge in [-0.2, -0.15) is 0 Å². The molecule has 0 saturated heterocycles. The van der Waals surface area contributed by atoms with Crippen LogP contribution < -0.4 is 20.1 Å². The molecule has 8 nitrogen and oxygen atoms in total. The molecule has 33 heavy (non-hydrogen) atoms. The molecule has 0 spiro atoms. The molecule has 0 atom stereocenters. The molecule has 1 aromatic heterocycles. The summed E-state index contributed by atoms with van der Waals surface area (Å²) < 4.78 is 15.6. The zero-order chi connectivity index (χ0) is 24.0. The van der Waals surface area contributed by atoms with E-state index in [1.165, 1.54) is 14.2 Å². The Balaban J connectivity index is 1.94. The van der Waals surface area contributed by atoms with Crippen LogP contribution in [-0.4, -0.2) is 38.6 Å². The third-order valence-corrected chi connectivity index (χ3v) is 5.97. The maximum atomic E-state index is 13.0. The van der Waals surface area contributed by atoms with Gasteiger partial charge in [-0.3, -0.25) is 9.59 Å². The summed E-state index contributed by atoms with van der Waals surface area (Å²) in [7, 11) is 3.04. The average Bonchev–Trinajstić information content (AvgIpc) is 3.15. The molecule has 2 amide bonds. The summed E-state index contributed by atoms with van der Waals surface area (Å²) in [6.07, 6.45) is 0. The third-order valence-electron chi connectivity index (χ3n) is 4.77. The Hall–Kier alpha value is -3.85. The van der Waals surface area contributed by atoms with E-state index in [4.69, 9.17) is 14.2 Å². The van der Waals surface area contributed by atoms with E-state index in [1.54, 1.807) is 62.4 Å². The lowest BCUT2D eigenvalue weighted by atomic mass is 10.1. The summed E-state index contributed by atoms with van der Waals surface area (Å²) >= 11 is 1.00. The van der Waals surface area contributed by atoms with Gasteiger partial charge in [0.1, 0.15) is 16.5 Å². The number of esters is 1. The number of carbonyl (C=O) groups is 3. The highest BCUT2D eigenvalue weighted by molar-refractivity contribution is 7.19. The van der Waals surface area contributed by atoms with Crippen molar-refractivity contribution in [1.82, 2.24) is 0 Å². The number of anilines is 2. The van der Waals surface area contributed by atoms with Crippen molar-refractivity contribution >= 4 is 39.8 Å². The lowest BCUT2D eigenvalue weighted by molar-refractivity contribution is 0.0527. The van der Waals surface area contributed by atoms with Crippen LogP contribution in [0.2, 0.25) is 0 Å². The van der Waals surface area contributed by atoms with Crippen molar-refractivity contribution in [2.45, 2.75) is 13.8 Å². The van der Waals surface area contributed by atoms with Gasteiger partial charge in [-0.1, -0.05) is 12.1 Å². The van der Waals surface area contributed by atoms with Crippen molar-refractivity contribution in [2.24, 2.45) is 0 Å². The Morgan fingerprint density at radius 1 is 0.909 bits per heavy atom. The van der Waals surface area contributed by atoms with Crippen LogP contribution in [0.3, 0.4) is 0 Å². The fraction of sp³-hybridized carbons (Fsp3) is 0.208. The lowest BCUT2D eigenvalue weighted by Gasteiger charge is -2.09. The van der Waals surface area contributed by atoms with Crippen LogP contribution in [0, 0.1) is 6.92 Å². The van der Waals surface area contributed by atoms with Gasteiger partial charge >= 0.3 is 5.97 Å². The van der Waals surface area contributed by atoms with Crippen LogP contribution in [0.15, 0.2) is 48.5 Å². The summed E-state index contributed by atoms with van der Waals surface area (Å²) in [4.78, 5) is 38.8. The first-order valence-corrected chi connectivity index (χ1v) is 10.9. The molecule has 0 aliphatic heterocycles. The summed E-state index contributed by atoms with van der Waals surface area (Å²) in [5.74, 6) is -0.369. The van der Waals surface area contributed by atoms with Gasteiger partial charge in [-0.25, -0.2) is 4.79 Å². The number of benzene rings is 2. The first-order chi connectivity index (χ1) is 15.9. The van der Waals surface area contributed by atoms with Gasteiger partial charge in [0.15, 0.2) is 0 Å². The van der Waals surface area contributed by atoms with Crippen molar-refractivity contribution in [3.8, 4) is 11.5 Å². The molecule has 0 saturated carbocycles. The average molecular weight is 469 g/mol. The molecule has 3 rings (SSSR count). The number of para-hydroxylation sites is 2. The monoisotopic (exact) mass is 468 g/mol. The van der Waals surface area contributed by atoms with Crippen molar-refractivity contribution in [3.63, 3.8) is 0 Å². The largest absolute Gasteiger partial charge is 0.497 e. The minimum Gasteiger partial charge on any atom is -0.497 e. The Morgan fingerprint density at radius 3 is 2.24 bits per heavy atom. The molecule has 172 valence electrons. The Bertz CT molecular complexity index is 1170. The second-order valence-corrected chi connectivity index (χ2v) is 7.84. The van der Waals surface area contributed by atoms with E-state index in [0.717, 1.165) is 11.3 Å². The van der Waals surface area contributed by atoms with Gasteiger partial charge in [0.25, 0.3) is 11.8 Å².